The van der Waals surface area contributed by atoms with Crippen molar-refractivity contribution in [2.75, 3.05) is 0 Å². The van der Waals surface area contributed by atoms with Crippen LogP contribution in [0.15, 0.2) is 29.2 Å². The van der Waals surface area contributed by atoms with E-state index < -0.39 is 15.6 Å². The molecule has 19 heavy (non-hydrogen) atoms. The lowest BCUT2D eigenvalue weighted by atomic mass is 9.87. The van der Waals surface area contributed by atoms with Gasteiger partial charge in [-0.3, -0.25) is 0 Å². The van der Waals surface area contributed by atoms with Crippen LogP contribution in [0.5, 0.6) is 0 Å². The molecule has 0 atom stereocenters. The molecule has 0 N–H and O–H groups in total. The van der Waals surface area contributed by atoms with Gasteiger partial charge in [0.1, 0.15) is 0 Å². The topological polar surface area (TPSA) is 43.4 Å². The first-order chi connectivity index (χ1) is 8.43. The number of halogens is 3. The van der Waals surface area contributed by atoms with Crippen molar-refractivity contribution in [1.82, 2.24) is 0 Å². The Morgan fingerprint density at radius 2 is 1.53 bits per heavy atom. The van der Waals surface area contributed by atoms with Gasteiger partial charge in [-0.25, -0.2) is 0 Å². The summed E-state index contributed by atoms with van der Waals surface area (Å²) in [5.41, 5.74) is -4.52. The lowest BCUT2D eigenvalue weighted by Gasteiger charge is -2.18. The summed E-state index contributed by atoms with van der Waals surface area (Å²) in [6.07, 6.45) is 0. The van der Waals surface area contributed by atoms with Crippen LogP contribution in [-0.2, 0) is 19.2 Å². The fourth-order valence-electron chi connectivity index (χ4n) is 1.13. The summed E-state index contributed by atoms with van der Waals surface area (Å²) in [6, 6.07) is 6.45. The van der Waals surface area contributed by atoms with E-state index in [9.17, 15) is 21.6 Å². The highest BCUT2D eigenvalue weighted by molar-refractivity contribution is 8.04. The van der Waals surface area contributed by atoms with Crippen molar-refractivity contribution in [1.29, 1.82) is 0 Å². The maximum atomic E-state index is 12.0. The van der Waals surface area contributed by atoms with Crippen LogP contribution in [0.3, 0.4) is 0 Å². The zero-order valence-electron chi connectivity index (χ0n) is 10.5. The van der Waals surface area contributed by atoms with E-state index in [1.54, 1.807) is 12.1 Å². The monoisotopic (exact) mass is 314 g/mol. The Hall–Kier alpha value is -0.730. The molecule has 8 heteroatoms. The van der Waals surface area contributed by atoms with Gasteiger partial charge < -0.3 is 0 Å². The van der Waals surface area contributed by atoms with E-state index in [2.05, 4.69) is 3.63 Å². The highest BCUT2D eigenvalue weighted by Crippen LogP contribution is 2.32. The third kappa shape index (κ3) is 4.39. The predicted molar refractivity (Wildman–Crippen MR) is 67.1 cm³/mol. The second-order valence-electron chi connectivity index (χ2n) is 4.83. The summed E-state index contributed by atoms with van der Waals surface area (Å²) in [6.45, 7) is 5.96. The third-order valence-electron chi connectivity index (χ3n) is 2.22. The minimum absolute atomic E-state index is 0.0951. The van der Waals surface area contributed by atoms with Gasteiger partial charge in [0, 0.05) is 16.9 Å². The fraction of sp³-hybridized carbons (Fsp3) is 0.455. The SMILES string of the molecule is CC(C)(C)c1ccc(SOS(=O)(=O)C(F)(F)F)cc1. The van der Waals surface area contributed by atoms with Crippen molar-refractivity contribution >= 4 is 22.2 Å². The summed E-state index contributed by atoms with van der Waals surface area (Å²) in [4.78, 5) is 0.279. The van der Waals surface area contributed by atoms with Gasteiger partial charge in [0.05, 0.1) is 0 Å². The number of benzene rings is 1. The quantitative estimate of drug-likeness (QED) is 0.628. The third-order valence-corrected chi connectivity index (χ3v) is 4.24. The first kappa shape index (κ1) is 16.3. The molecular formula is C11H13F3O3S2. The Morgan fingerprint density at radius 1 is 1.05 bits per heavy atom. The second-order valence-corrected chi connectivity index (χ2v) is 7.38. The smallest absolute Gasteiger partial charge is 0.189 e. The van der Waals surface area contributed by atoms with Gasteiger partial charge in [-0.1, -0.05) is 32.9 Å². The predicted octanol–water partition coefficient (Wildman–Crippen LogP) is 3.86. The zero-order chi connectivity index (χ0) is 14.9. The van der Waals surface area contributed by atoms with E-state index in [0.29, 0.717) is 0 Å². The van der Waals surface area contributed by atoms with Crippen molar-refractivity contribution in [3.05, 3.63) is 29.8 Å². The molecule has 0 saturated heterocycles. The molecule has 0 aromatic heterocycles. The minimum Gasteiger partial charge on any atom is -0.189 e. The zero-order valence-corrected chi connectivity index (χ0v) is 12.1. The number of hydrogen-bond acceptors (Lipinski definition) is 4. The van der Waals surface area contributed by atoms with Crippen LogP contribution in [0.2, 0.25) is 0 Å². The second kappa shape index (κ2) is 5.34. The molecular weight excluding hydrogens is 301 g/mol. The Balaban J connectivity index is 2.76. The molecule has 0 aliphatic carbocycles. The molecule has 1 rings (SSSR count). The minimum atomic E-state index is -5.57. The maximum absolute atomic E-state index is 12.0. The number of rotatable bonds is 3. The molecule has 0 aliphatic heterocycles. The van der Waals surface area contributed by atoms with Crippen molar-refractivity contribution in [2.24, 2.45) is 0 Å². The van der Waals surface area contributed by atoms with Crippen molar-refractivity contribution in [2.45, 2.75) is 36.6 Å². The normalized spacial score (nSPS) is 13.6. The molecule has 1 aromatic rings. The Bertz CT molecular complexity index is 528. The first-order valence-electron chi connectivity index (χ1n) is 5.21. The van der Waals surface area contributed by atoms with Gasteiger partial charge in [0.15, 0.2) is 0 Å². The highest BCUT2D eigenvalue weighted by Gasteiger charge is 2.47. The molecule has 3 nitrogen and oxygen atoms in total. The summed E-state index contributed by atoms with van der Waals surface area (Å²) < 4.78 is 61.3. The summed E-state index contributed by atoms with van der Waals surface area (Å²) >= 11 is 0.166. The Kier molecular flexibility index (Phi) is 4.58. The molecule has 0 amide bonds. The summed E-state index contributed by atoms with van der Waals surface area (Å²) in [7, 11) is -5.57. The van der Waals surface area contributed by atoms with E-state index in [0.717, 1.165) is 5.56 Å². The van der Waals surface area contributed by atoms with Gasteiger partial charge in [0.2, 0.25) is 0 Å². The van der Waals surface area contributed by atoms with Crippen LogP contribution >= 0.6 is 12.0 Å². The largest absolute Gasteiger partial charge is 0.524 e. The fourth-order valence-corrected chi connectivity index (χ4v) is 2.36. The van der Waals surface area contributed by atoms with E-state index in [-0.39, 0.29) is 22.4 Å². The average Bonchev–Trinajstić information content (AvgIpc) is 2.24. The highest BCUT2D eigenvalue weighted by atomic mass is 32.3. The lowest BCUT2D eigenvalue weighted by molar-refractivity contribution is -0.0494. The van der Waals surface area contributed by atoms with E-state index in [1.807, 2.05) is 20.8 Å². The first-order valence-corrected chi connectivity index (χ1v) is 7.36. The molecule has 1 aromatic carbocycles. The molecule has 0 saturated carbocycles. The molecule has 0 bridgehead atoms. The van der Waals surface area contributed by atoms with E-state index in [1.165, 1.54) is 12.1 Å². The number of alkyl halides is 3. The Morgan fingerprint density at radius 3 is 1.89 bits per heavy atom. The van der Waals surface area contributed by atoms with Crippen LogP contribution in [0.25, 0.3) is 0 Å². The van der Waals surface area contributed by atoms with Gasteiger partial charge in [-0.05, 0) is 23.1 Å². The van der Waals surface area contributed by atoms with Gasteiger partial charge >= 0.3 is 15.6 Å². The summed E-state index contributed by atoms with van der Waals surface area (Å²) in [5, 5.41) is 0. The van der Waals surface area contributed by atoms with E-state index >= 15 is 0 Å². The molecule has 0 heterocycles. The molecule has 0 radical (unpaired) electrons. The van der Waals surface area contributed by atoms with Crippen LogP contribution < -0.4 is 0 Å². The van der Waals surface area contributed by atoms with Crippen molar-refractivity contribution < 1.29 is 25.2 Å². The van der Waals surface area contributed by atoms with Crippen molar-refractivity contribution in [3.8, 4) is 0 Å². The van der Waals surface area contributed by atoms with Gasteiger partial charge in [-0.2, -0.15) is 25.2 Å². The van der Waals surface area contributed by atoms with Crippen LogP contribution in [0, 0.1) is 0 Å². The van der Waals surface area contributed by atoms with Crippen LogP contribution in [-0.4, -0.2) is 13.9 Å². The van der Waals surface area contributed by atoms with Crippen molar-refractivity contribution in [3.63, 3.8) is 0 Å². The molecule has 0 spiro atoms. The number of hydrogen-bond donors (Lipinski definition) is 0. The molecule has 0 aliphatic rings. The molecule has 0 fully saturated rings. The summed E-state index contributed by atoms with van der Waals surface area (Å²) in [5.74, 6) is 0. The van der Waals surface area contributed by atoms with E-state index in [4.69, 9.17) is 0 Å². The molecule has 0 unspecified atom stereocenters. The van der Waals surface area contributed by atoms with Crippen LogP contribution in [0.4, 0.5) is 13.2 Å². The van der Waals surface area contributed by atoms with Gasteiger partial charge in [0.25, 0.3) is 0 Å². The van der Waals surface area contributed by atoms with Gasteiger partial charge in [-0.15, -0.1) is 0 Å². The average molecular weight is 314 g/mol. The lowest BCUT2D eigenvalue weighted by Crippen LogP contribution is -2.23. The molecule has 108 valence electrons. The van der Waals surface area contributed by atoms with Crippen LogP contribution in [0.1, 0.15) is 26.3 Å². The maximum Gasteiger partial charge on any atom is 0.524 e. The standard InChI is InChI=1S/C11H13F3O3S2/c1-10(2,3)8-4-6-9(7-5-8)18-17-19(15,16)11(12,13)14/h4-7H,1-3H3. The Labute approximate surface area is 114 Å².